The van der Waals surface area contributed by atoms with Gasteiger partial charge in [0.2, 0.25) is 10.0 Å². The van der Waals surface area contributed by atoms with Crippen molar-refractivity contribution in [2.75, 3.05) is 5.75 Å². The molecule has 0 atom stereocenters. The largest absolute Gasteiger partial charge is 0.559 e. The number of sulfonamides is 1. The minimum Gasteiger partial charge on any atom is -0.229 e. The van der Waals surface area contributed by atoms with Crippen LogP contribution < -0.4 is 5.14 Å². The van der Waals surface area contributed by atoms with Gasteiger partial charge in [0.1, 0.15) is 0 Å². The van der Waals surface area contributed by atoms with Crippen LogP contribution in [0.2, 0.25) is 0 Å². The monoisotopic (exact) mass is 407 g/mol. The Hall–Kier alpha value is -0.370. The third-order valence-electron chi connectivity index (χ3n) is 4.03. The van der Waals surface area contributed by atoms with E-state index in [1.807, 2.05) is 0 Å². The molecule has 0 unspecified atom stereocenters. The van der Waals surface area contributed by atoms with Crippen molar-refractivity contribution < 1.29 is 26.0 Å². The van der Waals surface area contributed by atoms with Crippen molar-refractivity contribution in [2.45, 2.75) is 110 Å². The maximum absolute atomic E-state index is 10.7. The van der Waals surface area contributed by atoms with Crippen molar-refractivity contribution in [3.63, 3.8) is 0 Å². The van der Waals surface area contributed by atoms with E-state index in [1.165, 1.54) is 77.0 Å². The molecule has 0 saturated heterocycles. The van der Waals surface area contributed by atoms with Crippen LogP contribution in [0.5, 0.6) is 0 Å². The zero-order valence-corrected chi connectivity index (χ0v) is 16.9. The molecular formula is C18H37F4NO2S. The highest BCUT2D eigenvalue weighted by molar-refractivity contribution is 7.89. The summed E-state index contributed by atoms with van der Waals surface area (Å²) in [5, 5.41) is 4.96. The Morgan fingerprint density at radius 2 is 0.846 bits per heavy atom. The number of unbranched alkanes of at least 4 members (excludes halogenated alkanes) is 14. The summed E-state index contributed by atoms with van der Waals surface area (Å²) in [6, 6.07) is 0. The lowest BCUT2D eigenvalue weighted by Gasteiger charge is -2.03. The molecule has 3 nitrogen and oxygen atoms in total. The quantitative estimate of drug-likeness (QED) is 0.231. The maximum atomic E-state index is 10.7. The van der Waals surface area contributed by atoms with E-state index in [2.05, 4.69) is 6.92 Å². The summed E-state index contributed by atoms with van der Waals surface area (Å²) in [6.45, 7) is 2.26. The average Bonchev–Trinajstić information content (AvgIpc) is 2.48. The van der Waals surface area contributed by atoms with Gasteiger partial charge in [-0.2, -0.15) is 0 Å². The molecule has 0 aromatic carbocycles. The summed E-state index contributed by atoms with van der Waals surface area (Å²) in [7, 11) is -3.24. The molecule has 0 radical (unpaired) electrons. The first-order valence-corrected chi connectivity index (χ1v) is 11.5. The first-order valence-electron chi connectivity index (χ1n) is 9.82. The lowest BCUT2D eigenvalue weighted by Crippen LogP contribution is -2.16. The number of rotatable bonds is 16. The van der Waals surface area contributed by atoms with Crippen molar-refractivity contribution in [1.82, 2.24) is 0 Å². The number of nitrogens with two attached hydrogens (primary N) is 1. The van der Waals surface area contributed by atoms with Gasteiger partial charge in [0.15, 0.2) is 0 Å². The lowest BCUT2D eigenvalue weighted by atomic mass is 10.0. The number of primary sulfonamides is 1. The predicted octanol–water partition coefficient (Wildman–Crippen LogP) is 6.62. The fraction of sp³-hybridized carbons (Fsp3) is 1.00. The first-order chi connectivity index (χ1) is 12.1. The number of hydrogen-bond donors (Lipinski definition) is 1. The maximum Gasteiger partial charge on any atom is 0.559 e. The van der Waals surface area contributed by atoms with Gasteiger partial charge in [-0.25, -0.2) is 13.6 Å². The van der Waals surface area contributed by atoms with E-state index in [-0.39, 0.29) is 5.75 Å². The molecule has 0 aliphatic rings. The van der Waals surface area contributed by atoms with Crippen molar-refractivity contribution in [2.24, 2.45) is 5.14 Å². The summed E-state index contributed by atoms with van der Waals surface area (Å²) in [6.07, 6.45) is 13.8. The third kappa shape index (κ3) is 38.9. The summed E-state index contributed by atoms with van der Waals surface area (Å²) < 4.78 is 60.2. The molecule has 0 amide bonds. The van der Waals surface area contributed by atoms with Crippen LogP contribution in [0.1, 0.15) is 103 Å². The van der Waals surface area contributed by atoms with Crippen molar-refractivity contribution in [1.29, 1.82) is 0 Å². The third-order valence-corrected chi connectivity index (χ3v) is 4.89. The van der Waals surface area contributed by atoms with Gasteiger partial charge in [-0.1, -0.05) is 96.8 Å². The molecule has 0 bridgehead atoms. The fourth-order valence-corrected chi connectivity index (χ4v) is 3.28. The molecule has 0 spiro atoms. The number of hydrogen-bond acceptors (Lipinski definition) is 2. The summed E-state index contributed by atoms with van der Waals surface area (Å²) in [4.78, 5) is 0. The van der Waals surface area contributed by atoms with Crippen LogP contribution in [-0.4, -0.2) is 20.6 Å². The zero-order chi connectivity index (χ0) is 20.3. The Morgan fingerprint density at radius 1 is 0.615 bits per heavy atom. The average molecular weight is 408 g/mol. The standard InChI is InChI=1S/C17H37NO2S.CF4/c1-2-3-4-5-6-7-8-9-10-11-12-13-14-15-16-17-21(18,19)20;2-1(3,4)5/h2-17H2,1H3,(H2,18,19,20);. The SMILES string of the molecule is CCCCCCCCCCCCCCCCCS(N)(=O)=O.FC(F)(F)F. The second-order valence-electron chi connectivity index (χ2n) is 6.75. The van der Waals surface area contributed by atoms with E-state index in [9.17, 15) is 26.0 Å². The van der Waals surface area contributed by atoms with E-state index >= 15 is 0 Å². The van der Waals surface area contributed by atoms with Crippen LogP contribution in [0.4, 0.5) is 17.6 Å². The summed E-state index contributed by atoms with van der Waals surface area (Å²) in [5.74, 6) is 0.144. The van der Waals surface area contributed by atoms with E-state index in [1.54, 1.807) is 0 Å². The Kier molecular flexibility index (Phi) is 19.3. The van der Waals surface area contributed by atoms with Crippen LogP contribution in [-0.2, 0) is 10.0 Å². The Balaban J connectivity index is 0. The van der Waals surface area contributed by atoms with Crippen LogP contribution in [0, 0.1) is 0 Å². The Morgan fingerprint density at radius 3 is 1.08 bits per heavy atom. The van der Waals surface area contributed by atoms with Gasteiger partial charge in [-0.05, 0) is 6.42 Å². The minimum absolute atomic E-state index is 0.144. The van der Waals surface area contributed by atoms with Gasteiger partial charge >= 0.3 is 6.43 Å². The van der Waals surface area contributed by atoms with Crippen LogP contribution in [0.3, 0.4) is 0 Å². The molecule has 0 aliphatic heterocycles. The van der Waals surface area contributed by atoms with Crippen LogP contribution in [0.25, 0.3) is 0 Å². The van der Waals surface area contributed by atoms with Crippen molar-refractivity contribution in [3.05, 3.63) is 0 Å². The molecule has 26 heavy (non-hydrogen) atoms. The molecule has 0 aromatic rings. The van der Waals surface area contributed by atoms with Crippen molar-refractivity contribution in [3.8, 4) is 0 Å². The number of alkyl halides is 4. The van der Waals surface area contributed by atoms with Crippen molar-refractivity contribution >= 4 is 10.0 Å². The van der Waals surface area contributed by atoms with Gasteiger partial charge in [0.05, 0.1) is 5.75 Å². The zero-order valence-electron chi connectivity index (χ0n) is 16.1. The highest BCUT2D eigenvalue weighted by atomic mass is 32.2. The minimum atomic E-state index is -5.50. The molecule has 0 saturated carbocycles. The molecule has 0 aromatic heterocycles. The molecule has 0 heterocycles. The van der Waals surface area contributed by atoms with Gasteiger partial charge < -0.3 is 0 Å². The molecule has 8 heteroatoms. The Bertz CT molecular complexity index is 381. The number of halogens is 4. The fourth-order valence-electron chi connectivity index (χ4n) is 2.67. The molecule has 0 aliphatic carbocycles. The lowest BCUT2D eigenvalue weighted by molar-refractivity contribution is -0.237. The smallest absolute Gasteiger partial charge is 0.229 e. The summed E-state index contributed by atoms with van der Waals surface area (Å²) >= 11 is 0. The van der Waals surface area contributed by atoms with E-state index in [0.717, 1.165) is 19.3 Å². The predicted molar refractivity (Wildman–Crippen MR) is 100 cm³/mol. The molecule has 0 fully saturated rings. The normalized spacial score (nSPS) is 11.9. The van der Waals surface area contributed by atoms with E-state index in [4.69, 9.17) is 5.14 Å². The van der Waals surface area contributed by atoms with E-state index in [0.29, 0.717) is 0 Å². The molecule has 2 N–H and O–H groups in total. The highest BCUT2D eigenvalue weighted by Gasteiger charge is 2.24. The van der Waals surface area contributed by atoms with Crippen LogP contribution >= 0.6 is 0 Å². The second-order valence-corrected chi connectivity index (χ2v) is 8.48. The highest BCUT2D eigenvalue weighted by Crippen LogP contribution is 2.14. The summed E-state index contributed by atoms with van der Waals surface area (Å²) in [5.41, 5.74) is 0. The first kappa shape index (κ1) is 27.8. The van der Waals surface area contributed by atoms with Gasteiger partial charge in [0, 0.05) is 0 Å². The van der Waals surface area contributed by atoms with Crippen LogP contribution in [0.15, 0.2) is 0 Å². The van der Waals surface area contributed by atoms with Gasteiger partial charge in [-0.3, -0.25) is 0 Å². The molecular weight excluding hydrogens is 370 g/mol. The van der Waals surface area contributed by atoms with E-state index < -0.39 is 16.5 Å². The topological polar surface area (TPSA) is 60.2 Å². The Labute approximate surface area is 157 Å². The van der Waals surface area contributed by atoms with Gasteiger partial charge in [-0.15, -0.1) is 17.6 Å². The van der Waals surface area contributed by atoms with Gasteiger partial charge in [0.25, 0.3) is 0 Å². The molecule has 0 rings (SSSR count). The second kappa shape index (κ2) is 18.0. The molecule has 160 valence electrons.